The van der Waals surface area contributed by atoms with Crippen LogP contribution in [0, 0.1) is 0 Å². The average molecular weight is 406 g/mol. The van der Waals surface area contributed by atoms with Crippen LogP contribution < -0.4 is 10.6 Å². The highest BCUT2D eigenvalue weighted by molar-refractivity contribution is 6.04. The lowest BCUT2D eigenvalue weighted by molar-refractivity contribution is -0.118. The predicted octanol–water partition coefficient (Wildman–Crippen LogP) is 1.79. The fraction of sp³-hybridized carbons (Fsp3) is 0.238. The number of ether oxygens (including phenoxy) is 1. The number of carbonyl (C=O) groups is 2. The van der Waals surface area contributed by atoms with Gasteiger partial charge in [0.15, 0.2) is 0 Å². The van der Waals surface area contributed by atoms with Gasteiger partial charge in [-0.3, -0.25) is 19.1 Å². The molecular formula is C21H22N6O3. The Bertz CT molecular complexity index is 981. The van der Waals surface area contributed by atoms with Gasteiger partial charge in [0.05, 0.1) is 25.3 Å². The van der Waals surface area contributed by atoms with Crippen molar-refractivity contribution in [2.24, 2.45) is 0 Å². The summed E-state index contributed by atoms with van der Waals surface area (Å²) in [4.78, 5) is 34.9. The molecule has 0 atom stereocenters. The van der Waals surface area contributed by atoms with Crippen molar-refractivity contribution in [1.29, 1.82) is 0 Å². The molecule has 154 valence electrons. The Morgan fingerprint density at radius 1 is 1.00 bits per heavy atom. The molecule has 1 saturated heterocycles. The van der Waals surface area contributed by atoms with E-state index in [0.29, 0.717) is 42.5 Å². The number of hydrogen-bond acceptors (Lipinski definition) is 6. The Morgan fingerprint density at radius 2 is 1.73 bits per heavy atom. The first-order valence-electron chi connectivity index (χ1n) is 9.63. The number of pyridine rings is 1. The summed E-state index contributed by atoms with van der Waals surface area (Å²) in [5.41, 5.74) is 1.75. The number of aromatic nitrogens is 3. The summed E-state index contributed by atoms with van der Waals surface area (Å²) in [6, 6.07) is 10.5. The van der Waals surface area contributed by atoms with Crippen molar-refractivity contribution < 1.29 is 14.3 Å². The average Bonchev–Trinajstić information content (AvgIpc) is 3.31. The topological polar surface area (TPSA) is 101 Å². The van der Waals surface area contributed by atoms with Crippen LogP contribution in [-0.2, 0) is 9.53 Å². The zero-order valence-corrected chi connectivity index (χ0v) is 16.3. The first-order valence-corrected chi connectivity index (χ1v) is 9.63. The van der Waals surface area contributed by atoms with Gasteiger partial charge in [-0.15, -0.1) is 0 Å². The van der Waals surface area contributed by atoms with E-state index in [1.807, 2.05) is 0 Å². The molecule has 9 heteroatoms. The lowest BCUT2D eigenvalue weighted by Gasteiger charge is -2.25. The fourth-order valence-corrected chi connectivity index (χ4v) is 3.07. The maximum absolute atomic E-state index is 12.4. The zero-order chi connectivity index (χ0) is 20.8. The number of nitrogens with zero attached hydrogens (tertiary/aromatic N) is 4. The van der Waals surface area contributed by atoms with Gasteiger partial charge in [-0.2, -0.15) is 0 Å². The SMILES string of the molecule is O=C(CN1CCOCC1)Nc1ccc(NC(=O)c2ccc(-n3ccnc3)nc2)cc1. The molecule has 0 spiro atoms. The molecule has 2 N–H and O–H groups in total. The first kappa shape index (κ1) is 19.7. The summed E-state index contributed by atoms with van der Waals surface area (Å²) >= 11 is 0. The van der Waals surface area contributed by atoms with Crippen molar-refractivity contribution in [3.05, 3.63) is 66.9 Å². The van der Waals surface area contributed by atoms with Crippen LogP contribution in [0.1, 0.15) is 10.4 Å². The highest BCUT2D eigenvalue weighted by atomic mass is 16.5. The van der Waals surface area contributed by atoms with E-state index in [1.54, 1.807) is 59.7 Å². The van der Waals surface area contributed by atoms with Crippen LogP contribution in [0.2, 0.25) is 0 Å². The number of hydrogen-bond donors (Lipinski definition) is 2. The molecule has 1 aliphatic rings. The van der Waals surface area contributed by atoms with Crippen molar-refractivity contribution in [1.82, 2.24) is 19.4 Å². The zero-order valence-electron chi connectivity index (χ0n) is 16.3. The van der Waals surface area contributed by atoms with Crippen LogP contribution in [0.4, 0.5) is 11.4 Å². The molecule has 0 radical (unpaired) electrons. The number of rotatable bonds is 6. The Balaban J connectivity index is 1.30. The number of morpholine rings is 1. The van der Waals surface area contributed by atoms with Gasteiger partial charge in [-0.05, 0) is 36.4 Å². The molecule has 3 heterocycles. The van der Waals surface area contributed by atoms with Crippen LogP contribution in [0.25, 0.3) is 5.82 Å². The molecule has 1 aliphatic heterocycles. The fourth-order valence-electron chi connectivity index (χ4n) is 3.07. The highest BCUT2D eigenvalue weighted by Crippen LogP contribution is 2.15. The molecule has 1 fully saturated rings. The van der Waals surface area contributed by atoms with Crippen LogP contribution in [0.3, 0.4) is 0 Å². The van der Waals surface area contributed by atoms with Gasteiger partial charge in [-0.1, -0.05) is 0 Å². The lowest BCUT2D eigenvalue weighted by Crippen LogP contribution is -2.41. The van der Waals surface area contributed by atoms with Crippen molar-refractivity contribution in [2.75, 3.05) is 43.5 Å². The number of benzene rings is 1. The molecule has 0 aliphatic carbocycles. The van der Waals surface area contributed by atoms with Gasteiger partial charge < -0.3 is 15.4 Å². The second-order valence-electron chi connectivity index (χ2n) is 6.84. The summed E-state index contributed by atoms with van der Waals surface area (Å²) in [5, 5.41) is 5.70. The minimum atomic E-state index is -0.260. The van der Waals surface area contributed by atoms with Crippen molar-refractivity contribution >= 4 is 23.2 Å². The van der Waals surface area contributed by atoms with E-state index in [1.165, 1.54) is 6.20 Å². The molecule has 3 aromatic rings. The van der Waals surface area contributed by atoms with Crippen LogP contribution in [0.5, 0.6) is 0 Å². The molecule has 2 amide bonds. The van der Waals surface area contributed by atoms with E-state index in [0.717, 1.165) is 13.1 Å². The quantitative estimate of drug-likeness (QED) is 0.647. The minimum Gasteiger partial charge on any atom is -0.379 e. The van der Waals surface area contributed by atoms with Crippen molar-refractivity contribution in [3.63, 3.8) is 0 Å². The maximum Gasteiger partial charge on any atom is 0.257 e. The van der Waals surface area contributed by atoms with Gasteiger partial charge >= 0.3 is 0 Å². The molecule has 4 rings (SSSR count). The van der Waals surface area contributed by atoms with Gasteiger partial charge in [-0.25, -0.2) is 9.97 Å². The molecule has 9 nitrogen and oxygen atoms in total. The predicted molar refractivity (Wildman–Crippen MR) is 112 cm³/mol. The normalized spacial score (nSPS) is 14.3. The molecule has 0 unspecified atom stereocenters. The smallest absolute Gasteiger partial charge is 0.257 e. The number of amides is 2. The van der Waals surface area contributed by atoms with Gasteiger partial charge in [0.25, 0.3) is 5.91 Å². The van der Waals surface area contributed by atoms with E-state index in [2.05, 4.69) is 25.5 Å². The van der Waals surface area contributed by atoms with E-state index >= 15 is 0 Å². The summed E-state index contributed by atoms with van der Waals surface area (Å²) in [7, 11) is 0. The van der Waals surface area contributed by atoms with Gasteiger partial charge in [0.1, 0.15) is 12.1 Å². The third-order valence-corrected chi connectivity index (χ3v) is 4.68. The Kier molecular flexibility index (Phi) is 6.11. The van der Waals surface area contributed by atoms with Gasteiger partial charge in [0, 0.05) is 43.1 Å². The van der Waals surface area contributed by atoms with Gasteiger partial charge in [0.2, 0.25) is 5.91 Å². The molecule has 0 saturated carbocycles. The van der Waals surface area contributed by atoms with Crippen LogP contribution in [0.15, 0.2) is 61.3 Å². The molecule has 30 heavy (non-hydrogen) atoms. The Hall–Kier alpha value is -3.56. The van der Waals surface area contributed by atoms with Crippen molar-refractivity contribution in [2.45, 2.75) is 0 Å². The maximum atomic E-state index is 12.4. The molecule has 1 aromatic carbocycles. The third kappa shape index (κ3) is 5.07. The Labute approximate surface area is 173 Å². The number of nitrogens with one attached hydrogen (secondary N) is 2. The molecule has 0 bridgehead atoms. The monoisotopic (exact) mass is 406 g/mol. The van der Waals surface area contributed by atoms with Crippen LogP contribution >= 0.6 is 0 Å². The Morgan fingerprint density at radius 3 is 2.37 bits per heavy atom. The molecular weight excluding hydrogens is 384 g/mol. The second-order valence-corrected chi connectivity index (χ2v) is 6.84. The highest BCUT2D eigenvalue weighted by Gasteiger charge is 2.14. The van der Waals surface area contributed by atoms with Crippen molar-refractivity contribution in [3.8, 4) is 5.82 Å². The largest absolute Gasteiger partial charge is 0.379 e. The van der Waals surface area contributed by atoms with E-state index in [9.17, 15) is 9.59 Å². The number of anilines is 2. The first-order chi connectivity index (χ1) is 14.7. The third-order valence-electron chi connectivity index (χ3n) is 4.68. The minimum absolute atomic E-state index is 0.0715. The second kappa shape index (κ2) is 9.29. The summed E-state index contributed by atoms with van der Waals surface area (Å²) in [6.45, 7) is 3.17. The summed E-state index contributed by atoms with van der Waals surface area (Å²) in [5.74, 6) is 0.350. The standard InChI is InChI=1S/C21H22N6O3/c28-20(14-26-9-11-30-12-10-26)24-17-2-4-18(5-3-17)25-21(29)16-1-6-19(23-13-16)27-8-7-22-15-27/h1-8,13,15H,9-12,14H2,(H,24,28)(H,25,29). The van der Waals surface area contributed by atoms with E-state index in [4.69, 9.17) is 4.74 Å². The number of imidazole rings is 1. The van der Waals surface area contributed by atoms with Crippen LogP contribution in [-0.4, -0.2) is 64.1 Å². The summed E-state index contributed by atoms with van der Waals surface area (Å²) in [6.07, 6.45) is 6.61. The van der Waals surface area contributed by atoms with E-state index < -0.39 is 0 Å². The van der Waals surface area contributed by atoms with E-state index in [-0.39, 0.29) is 11.8 Å². The lowest BCUT2D eigenvalue weighted by atomic mass is 10.2. The number of carbonyl (C=O) groups excluding carboxylic acids is 2. The molecule has 2 aromatic heterocycles. The summed E-state index contributed by atoms with van der Waals surface area (Å²) < 4.78 is 7.04.